The van der Waals surface area contributed by atoms with Crippen molar-refractivity contribution in [3.05, 3.63) is 75.3 Å². The molecule has 0 bridgehead atoms. The summed E-state index contributed by atoms with van der Waals surface area (Å²) in [5, 5.41) is 20.0. The lowest BCUT2D eigenvalue weighted by Gasteiger charge is -2.10. The first kappa shape index (κ1) is 17.2. The van der Waals surface area contributed by atoms with Gasteiger partial charge in [0.25, 0.3) is 0 Å². The SMILES string of the molecule is O=C(/C=C/c1ccc(O)c([N+](=O)[O-])c1)c1ccccc1C(F)(F)F. The number of phenols is 1. The van der Waals surface area contributed by atoms with Crippen molar-refractivity contribution in [1.82, 2.24) is 0 Å². The number of nitro groups is 1. The Kier molecular flexibility index (Phi) is 4.68. The second-order valence-corrected chi connectivity index (χ2v) is 4.75. The molecule has 0 aromatic heterocycles. The van der Waals surface area contributed by atoms with E-state index in [4.69, 9.17) is 0 Å². The molecule has 2 aromatic carbocycles. The minimum absolute atomic E-state index is 0.192. The molecule has 2 rings (SSSR count). The molecule has 0 aliphatic heterocycles. The first-order valence-electron chi connectivity index (χ1n) is 6.56. The summed E-state index contributed by atoms with van der Waals surface area (Å²) in [6.07, 6.45) is -2.64. The van der Waals surface area contributed by atoms with Crippen LogP contribution in [0.5, 0.6) is 5.75 Å². The molecule has 0 aliphatic rings. The Morgan fingerprint density at radius 1 is 1.17 bits per heavy atom. The van der Waals surface area contributed by atoms with E-state index < -0.39 is 39.4 Å². The molecule has 0 heterocycles. The summed E-state index contributed by atoms with van der Waals surface area (Å²) in [4.78, 5) is 21.9. The van der Waals surface area contributed by atoms with Crippen molar-refractivity contribution in [3.63, 3.8) is 0 Å². The number of nitro benzene ring substituents is 1. The zero-order valence-electron chi connectivity index (χ0n) is 11.9. The lowest BCUT2D eigenvalue weighted by Crippen LogP contribution is -2.11. The fourth-order valence-corrected chi connectivity index (χ4v) is 2.00. The monoisotopic (exact) mass is 337 g/mol. The second kappa shape index (κ2) is 6.53. The molecule has 0 spiro atoms. The van der Waals surface area contributed by atoms with Gasteiger partial charge in [0, 0.05) is 11.6 Å². The van der Waals surface area contributed by atoms with Crippen LogP contribution in [-0.4, -0.2) is 15.8 Å². The first-order valence-corrected chi connectivity index (χ1v) is 6.56. The number of rotatable bonds is 4. The number of hydrogen-bond donors (Lipinski definition) is 1. The van der Waals surface area contributed by atoms with E-state index in [2.05, 4.69) is 0 Å². The number of alkyl halides is 3. The Hall–Kier alpha value is -3.16. The highest BCUT2D eigenvalue weighted by molar-refractivity contribution is 6.07. The Balaban J connectivity index is 2.33. The van der Waals surface area contributed by atoms with Gasteiger partial charge >= 0.3 is 11.9 Å². The molecule has 0 amide bonds. The van der Waals surface area contributed by atoms with Crippen LogP contribution in [0, 0.1) is 10.1 Å². The van der Waals surface area contributed by atoms with Gasteiger partial charge < -0.3 is 5.11 Å². The fraction of sp³-hybridized carbons (Fsp3) is 0.0625. The number of hydrogen-bond acceptors (Lipinski definition) is 4. The molecule has 0 atom stereocenters. The number of carbonyl (C=O) groups excluding carboxylic acids is 1. The van der Waals surface area contributed by atoms with Crippen molar-refractivity contribution < 1.29 is 28.0 Å². The van der Waals surface area contributed by atoms with E-state index in [-0.39, 0.29) is 5.56 Å². The summed E-state index contributed by atoms with van der Waals surface area (Å²) in [5.41, 5.74) is -1.96. The van der Waals surface area contributed by atoms with Crippen LogP contribution in [-0.2, 0) is 6.18 Å². The summed E-state index contributed by atoms with van der Waals surface area (Å²) in [6.45, 7) is 0. The van der Waals surface area contributed by atoms with E-state index in [0.717, 1.165) is 36.4 Å². The Bertz CT molecular complexity index is 828. The number of allylic oxidation sites excluding steroid dienone is 1. The number of ketones is 1. The maximum atomic E-state index is 12.9. The highest BCUT2D eigenvalue weighted by Gasteiger charge is 2.34. The normalized spacial score (nSPS) is 11.6. The van der Waals surface area contributed by atoms with Crippen molar-refractivity contribution in [3.8, 4) is 5.75 Å². The fourth-order valence-electron chi connectivity index (χ4n) is 2.00. The quantitative estimate of drug-likeness (QED) is 0.392. The lowest BCUT2D eigenvalue weighted by atomic mass is 10.0. The second-order valence-electron chi connectivity index (χ2n) is 4.75. The van der Waals surface area contributed by atoms with E-state index in [0.29, 0.717) is 0 Å². The van der Waals surface area contributed by atoms with Gasteiger partial charge in [-0.05, 0) is 23.8 Å². The van der Waals surface area contributed by atoms with E-state index >= 15 is 0 Å². The Labute approximate surface area is 133 Å². The summed E-state index contributed by atoms with van der Waals surface area (Å²) in [5.74, 6) is -1.44. The molecule has 0 radical (unpaired) electrons. The standard InChI is InChI=1S/C16H10F3NO4/c17-16(18,19)12-4-2-1-3-11(12)14(21)7-5-10-6-8-15(22)13(9-10)20(23)24/h1-9,22H/b7-5+. The van der Waals surface area contributed by atoms with Gasteiger partial charge in [0.05, 0.1) is 10.5 Å². The van der Waals surface area contributed by atoms with Crippen LogP contribution in [0.15, 0.2) is 48.5 Å². The third kappa shape index (κ3) is 3.78. The molecular weight excluding hydrogens is 327 g/mol. The van der Waals surface area contributed by atoms with Gasteiger partial charge in [0.15, 0.2) is 11.5 Å². The molecule has 1 N–H and O–H groups in total. The molecule has 0 aliphatic carbocycles. The number of aromatic hydroxyl groups is 1. The smallest absolute Gasteiger partial charge is 0.417 e. The summed E-state index contributed by atoms with van der Waals surface area (Å²) in [7, 11) is 0. The predicted octanol–water partition coefficient (Wildman–Crippen LogP) is 4.22. The minimum Gasteiger partial charge on any atom is -0.502 e. The van der Waals surface area contributed by atoms with E-state index in [1.54, 1.807) is 0 Å². The molecule has 0 saturated carbocycles. The average Bonchev–Trinajstić information content (AvgIpc) is 2.52. The van der Waals surface area contributed by atoms with Gasteiger partial charge in [-0.15, -0.1) is 0 Å². The van der Waals surface area contributed by atoms with Gasteiger partial charge in [-0.2, -0.15) is 13.2 Å². The number of benzene rings is 2. The number of nitrogens with zero attached hydrogens (tertiary/aromatic N) is 1. The zero-order chi connectivity index (χ0) is 17.9. The van der Waals surface area contributed by atoms with Crippen molar-refractivity contribution in [2.24, 2.45) is 0 Å². The number of phenolic OH excluding ortho intramolecular Hbond substituents is 1. The maximum Gasteiger partial charge on any atom is 0.417 e. The lowest BCUT2D eigenvalue weighted by molar-refractivity contribution is -0.385. The summed E-state index contributed by atoms with van der Waals surface area (Å²) in [6, 6.07) is 7.69. The molecule has 24 heavy (non-hydrogen) atoms. The molecule has 0 saturated heterocycles. The largest absolute Gasteiger partial charge is 0.502 e. The van der Waals surface area contributed by atoms with Crippen molar-refractivity contribution in [2.45, 2.75) is 6.18 Å². The first-order chi connectivity index (χ1) is 11.2. The zero-order valence-corrected chi connectivity index (χ0v) is 11.9. The number of halogens is 3. The van der Waals surface area contributed by atoms with E-state index in [1.165, 1.54) is 18.2 Å². The minimum atomic E-state index is -4.67. The maximum absolute atomic E-state index is 12.9. The van der Waals surface area contributed by atoms with Crippen LogP contribution in [0.3, 0.4) is 0 Å². The molecule has 5 nitrogen and oxygen atoms in total. The van der Waals surface area contributed by atoms with Crippen molar-refractivity contribution in [1.29, 1.82) is 0 Å². The van der Waals surface area contributed by atoms with Crippen LogP contribution in [0.1, 0.15) is 21.5 Å². The van der Waals surface area contributed by atoms with Crippen LogP contribution in [0.4, 0.5) is 18.9 Å². The summed E-state index contributed by atoms with van der Waals surface area (Å²) >= 11 is 0. The van der Waals surface area contributed by atoms with Crippen LogP contribution < -0.4 is 0 Å². The van der Waals surface area contributed by atoms with Gasteiger partial charge in [0.1, 0.15) is 0 Å². The number of carbonyl (C=O) groups is 1. The van der Waals surface area contributed by atoms with E-state index in [9.17, 15) is 33.2 Å². The third-order valence-corrected chi connectivity index (χ3v) is 3.12. The molecule has 124 valence electrons. The van der Waals surface area contributed by atoms with Gasteiger partial charge in [0.2, 0.25) is 0 Å². The molecule has 8 heteroatoms. The predicted molar refractivity (Wildman–Crippen MR) is 79.6 cm³/mol. The van der Waals surface area contributed by atoms with Crippen molar-refractivity contribution in [2.75, 3.05) is 0 Å². The molecule has 0 unspecified atom stereocenters. The third-order valence-electron chi connectivity index (χ3n) is 3.12. The van der Waals surface area contributed by atoms with Gasteiger partial charge in [-0.25, -0.2) is 0 Å². The topological polar surface area (TPSA) is 80.4 Å². The Morgan fingerprint density at radius 3 is 2.46 bits per heavy atom. The van der Waals surface area contributed by atoms with E-state index in [1.807, 2.05) is 0 Å². The van der Waals surface area contributed by atoms with Crippen LogP contribution in [0.25, 0.3) is 6.08 Å². The molecule has 0 fully saturated rings. The Morgan fingerprint density at radius 2 is 1.83 bits per heavy atom. The molecule has 2 aromatic rings. The van der Waals surface area contributed by atoms with Crippen molar-refractivity contribution >= 4 is 17.5 Å². The van der Waals surface area contributed by atoms with Gasteiger partial charge in [-0.1, -0.05) is 30.3 Å². The van der Waals surface area contributed by atoms with Crippen LogP contribution in [0.2, 0.25) is 0 Å². The average molecular weight is 337 g/mol. The van der Waals surface area contributed by atoms with Crippen LogP contribution >= 0.6 is 0 Å². The highest BCUT2D eigenvalue weighted by Crippen LogP contribution is 2.32. The molecular formula is C16H10F3NO4. The highest BCUT2D eigenvalue weighted by atomic mass is 19.4. The van der Waals surface area contributed by atoms with Gasteiger partial charge in [-0.3, -0.25) is 14.9 Å². The summed E-state index contributed by atoms with van der Waals surface area (Å²) < 4.78 is 38.6.